The SMILES string of the molecule is O=C(NCCN(Cc1ccccc1)c1ccccn1)c1ccc(=O)[nH]c1. The summed E-state index contributed by atoms with van der Waals surface area (Å²) in [6, 6.07) is 18.7. The fourth-order valence-electron chi connectivity index (χ4n) is 2.58. The molecule has 0 radical (unpaired) electrons. The fourth-order valence-corrected chi connectivity index (χ4v) is 2.58. The molecule has 3 aromatic rings. The largest absolute Gasteiger partial charge is 0.351 e. The summed E-state index contributed by atoms with van der Waals surface area (Å²) in [4.78, 5) is 32.3. The summed E-state index contributed by atoms with van der Waals surface area (Å²) in [5.41, 5.74) is 1.37. The first-order chi connectivity index (χ1) is 12.7. The highest BCUT2D eigenvalue weighted by Crippen LogP contribution is 2.13. The van der Waals surface area contributed by atoms with Gasteiger partial charge < -0.3 is 15.2 Å². The number of carbonyl (C=O) groups excluding carboxylic acids is 1. The Morgan fingerprint density at radius 1 is 1.04 bits per heavy atom. The molecule has 0 fully saturated rings. The lowest BCUT2D eigenvalue weighted by Gasteiger charge is -2.24. The van der Waals surface area contributed by atoms with Crippen molar-refractivity contribution in [1.29, 1.82) is 0 Å². The third-order valence-corrected chi connectivity index (χ3v) is 3.90. The van der Waals surface area contributed by atoms with Gasteiger partial charge in [-0.3, -0.25) is 9.59 Å². The summed E-state index contributed by atoms with van der Waals surface area (Å²) in [7, 11) is 0. The predicted molar refractivity (Wildman–Crippen MR) is 101 cm³/mol. The average Bonchev–Trinajstić information content (AvgIpc) is 2.69. The van der Waals surface area contributed by atoms with Crippen molar-refractivity contribution in [2.75, 3.05) is 18.0 Å². The van der Waals surface area contributed by atoms with Gasteiger partial charge in [0.2, 0.25) is 5.56 Å². The van der Waals surface area contributed by atoms with Crippen molar-refractivity contribution in [2.45, 2.75) is 6.54 Å². The quantitative estimate of drug-likeness (QED) is 0.686. The second-order valence-corrected chi connectivity index (χ2v) is 5.79. The molecular formula is C20H20N4O2. The third-order valence-electron chi connectivity index (χ3n) is 3.90. The fraction of sp³-hybridized carbons (Fsp3) is 0.150. The number of nitrogens with zero attached hydrogens (tertiary/aromatic N) is 2. The molecule has 2 N–H and O–H groups in total. The van der Waals surface area contributed by atoms with Crippen LogP contribution in [0.3, 0.4) is 0 Å². The van der Waals surface area contributed by atoms with Crippen molar-refractivity contribution in [1.82, 2.24) is 15.3 Å². The minimum Gasteiger partial charge on any atom is -0.351 e. The van der Waals surface area contributed by atoms with E-state index >= 15 is 0 Å². The molecule has 0 unspecified atom stereocenters. The van der Waals surface area contributed by atoms with Crippen molar-refractivity contribution in [3.8, 4) is 0 Å². The monoisotopic (exact) mass is 348 g/mol. The average molecular weight is 348 g/mol. The van der Waals surface area contributed by atoms with Crippen LogP contribution >= 0.6 is 0 Å². The van der Waals surface area contributed by atoms with Gasteiger partial charge in [-0.25, -0.2) is 4.98 Å². The lowest BCUT2D eigenvalue weighted by molar-refractivity contribution is 0.0954. The Labute approximate surface area is 151 Å². The maximum Gasteiger partial charge on any atom is 0.252 e. The Morgan fingerprint density at radius 3 is 2.54 bits per heavy atom. The van der Waals surface area contributed by atoms with Gasteiger partial charge in [0, 0.05) is 38.1 Å². The first-order valence-electron chi connectivity index (χ1n) is 8.39. The van der Waals surface area contributed by atoms with E-state index in [0.717, 1.165) is 5.82 Å². The van der Waals surface area contributed by atoms with Crippen molar-refractivity contribution >= 4 is 11.7 Å². The zero-order valence-electron chi connectivity index (χ0n) is 14.3. The van der Waals surface area contributed by atoms with Crippen molar-refractivity contribution < 1.29 is 4.79 Å². The summed E-state index contributed by atoms with van der Waals surface area (Å²) in [5, 5.41) is 2.87. The Hall–Kier alpha value is -3.41. The predicted octanol–water partition coefficient (Wildman–Crippen LogP) is 2.21. The number of nitrogens with one attached hydrogen (secondary N) is 2. The van der Waals surface area contributed by atoms with Crippen LogP contribution in [0.2, 0.25) is 0 Å². The number of pyridine rings is 2. The first-order valence-corrected chi connectivity index (χ1v) is 8.39. The smallest absolute Gasteiger partial charge is 0.252 e. The molecule has 0 aliphatic heterocycles. The summed E-state index contributed by atoms with van der Waals surface area (Å²) < 4.78 is 0. The number of aromatic amines is 1. The summed E-state index contributed by atoms with van der Waals surface area (Å²) >= 11 is 0. The number of amides is 1. The molecule has 0 saturated heterocycles. The van der Waals surface area contributed by atoms with Gasteiger partial charge in [-0.1, -0.05) is 36.4 Å². The van der Waals surface area contributed by atoms with Gasteiger partial charge in [0.05, 0.1) is 5.56 Å². The standard InChI is InChI=1S/C20H20N4O2/c25-19-10-9-17(14-23-19)20(26)22-12-13-24(18-8-4-5-11-21-18)15-16-6-2-1-3-7-16/h1-11,14H,12-13,15H2,(H,22,26)(H,23,25). The van der Waals surface area contributed by atoms with E-state index in [1.807, 2.05) is 36.4 Å². The number of hydrogen-bond acceptors (Lipinski definition) is 4. The topological polar surface area (TPSA) is 78.1 Å². The summed E-state index contributed by atoms with van der Waals surface area (Å²) in [5.74, 6) is 0.636. The Kier molecular flexibility index (Phi) is 5.77. The molecule has 6 nitrogen and oxygen atoms in total. The number of aromatic nitrogens is 2. The van der Waals surface area contributed by atoms with Crippen LogP contribution in [0.1, 0.15) is 15.9 Å². The van der Waals surface area contributed by atoms with E-state index in [2.05, 4.69) is 32.3 Å². The van der Waals surface area contributed by atoms with Crippen molar-refractivity contribution in [2.24, 2.45) is 0 Å². The van der Waals surface area contributed by atoms with Crippen LogP contribution in [0.15, 0.2) is 77.9 Å². The van der Waals surface area contributed by atoms with Crippen LogP contribution in [-0.4, -0.2) is 29.0 Å². The van der Waals surface area contributed by atoms with E-state index in [4.69, 9.17) is 0 Å². The number of carbonyl (C=O) groups is 1. The van der Waals surface area contributed by atoms with Gasteiger partial charge in [-0.15, -0.1) is 0 Å². The third kappa shape index (κ3) is 4.80. The minimum absolute atomic E-state index is 0.220. The molecule has 2 heterocycles. The molecule has 26 heavy (non-hydrogen) atoms. The maximum absolute atomic E-state index is 12.2. The zero-order chi connectivity index (χ0) is 18.2. The van der Waals surface area contributed by atoms with Gasteiger partial charge in [0.1, 0.15) is 5.82 Å². The molecule has 3 rings (SSSR count). The van der Waals surface area contributed by atoms with Crippen LogP contribution in [0.5, 0.6) is 0 Å². The lowest BCUT2D eigenvalue weighted by atomic mass is 10.2. The van der Waals surface area contributed by atoms with Gasteiger partial charge >= 0.3 is 0 Å². The molecule has 0 spiro atoms. The van der Waals surface area contributed by atoms with Gasteiger partial charge in [0.15, 0.2) is 0 Å². The zero-order valence-corrected chi connectivity index (χ0v) is 14.3. The van der Waals surface area contributed by atoms with E-state index in [1.165, 1.54) is 23.9 Å². The summed E-state index contributed by atoms with van der Waals surface area (Å²) in [6.45, 7) is 1.77. The molecule has 0 atom stereocenters. The first kappa shape index (κ1) is 17.4. The second-order valence-electron chi connectivity index (χ2n) is 5.79. The van der Waals surface area contributed by atoms with Crippen LogP contribution in [-0.2, 0) is 6.54 Å². The van der Waals surface area contributed by atoms with Gasteiger partial charge in [-0.2, -0.15) is 0 Å². The van der Waals surface area contributed by atoms with E-state index in [-0.39, 0.29) is 11.5 Å². The van der Waals surface area contributed by atoms with E-state index in [9.17, 15) is 9.59 Å². The van der Waals surface area contributed by atoms with Crippen molar-refractivity contribution in [3.05, 3.63) is 94.5 Å². The van der Waals surface area contributed by atoms with Gasteiger partial charge in [0.25, 0.3) is 5.91 Å². The molecule has 2 aromatic heterocycles. The van der Waals surface area contributed by atoms with E-state index in [1.54, 1.807) is 6.20 Å². The molecule has 0 saturated carbocycles. The lowest BCUT2D eigenvalue weighted by Crippen LogP contribution is -2.35. The van der Waals surface area contributed by atoms with Crippen LogP contribution in [0.25, 0.3) is 0 Å². The molecule has 0 bridgehead atoms. The Balaban J connectivity index is 1.63. The molecule has 0 aliphatic rings. The molecule has 6 heteroatoms. The van der Waals surface area contributed by atoms with E-state index < -0.39 is 0 Å². The number of anilines is 1. The minimum atomic E-state index is -0.231. The van der Waals surface area contributed by atoms with Crippen LogP contribution in [0, 0.1) is 0 Å². The Morgan fingerprint density at radius 2 is 1.85 bits per heavy atom. The molecule has 132 valence electrons. The van der Waals surface area contributed by atoms with Crippen molar-refractivity contribution in [3.63, 3.8) is 0 Å². The maximum atomic E-state index is 12.2. The number of benzene rings is 1. The van der Waals surface area contributed by atoms with E-state index in [0.29, 0.717) is 25.2 Å². The molecular weight excluding hydrogens is 328 g/mol. The highest BCUT2D eigenvalue weighted by atomic mass is 16.1. The second kappa shape index (κ2) is 8.62. The van der Waals surface area contributed by atoms with Crippen LogP contribution in [0.4, 0.5) is 5.82 Å². The van der Waals surface area contributed by atoms with Crippen LogP contribution < -0.4 is 15.8 Å². The highest BCUT2D eigenvalue weighted by molar-refractivity contribution is 5.93. The van der Waals surface area contributed by atoms with Gasteiger partial charge in [-0.05, 0) is 23.8 Å². The molecule has 0 aliphatic carbocycles. The molecule has 1 aromatic carbocycles. The number of H-pyrrole nitrogens is 1. The summed E-state index contributed by atoms with van der Waals surface area (Å²) in [6.07, 6.45) is 3.17. The Bertz CT molecular complexity index is 874. The molecule has 1 amide bonds. The normalized spacial score (nSPS) is 10.3. The number of rotatable bonds is 7. The highest BCUT2D eigenvalue weighted by Gasteiger charge is 2.10. The number of hydrogen-bond donors (Lipinski definition) is 2.